The third kappa shape index (κ3) is 5.54. The molecule has 3 atom stereocenters. The van der Waals surface area contributed by atoms with E-state index in [9.17, 15) is 0 Å². The first kappa shape index (κ1) is 17.2. The molecule has 2 saturated heterocycles. The highest BCUT2D eigenvalue weighted by Crippen LogP contribution is 2.21. The van der Waals surface area contributed by atoms with E-state index in [0.29, 0.717) is 12.1 Å². The van der Waals surface area contributed by atoms with Crippen molar-refractivity contribution in [2.75, 3.05) is 26.2 Å². The molecule has 2 aliphatic rings. The first-order valence-electron chi connectivity index (χ1n) is 9.15. The van der Waals surface area contributed by atoms with Gasteiger partial charge in [-0.15, -0.1) is 0 Å². The van der Waals surface area contributed by atoms with Crippen LogP contribution in [0.3, 0.4) is 0 Å². The monoisotopic (exact) mass is 296 g/mol. The van der Waals surface area contributed by atoms with Gasteiger partial charge in [0.15, 0.2) is 0 Å². The number of piperazine rings is 1. The number of hydrogen-bond acceptors (Lipinski definition) is 3. The van der Waals surface area contributed by atoms with Gasteiger partial charge in [0, 0.05) is 31.8 Å². The molecule has 3 heteroatoms. The molecule has 0 saturated carbocycles. The molecule has 3 nitrogen and oxygen atoms in total. The summed E-state index contributed by atoms with van der Waals surface area (Å²) >= 11 is 0. The minimum Gasteiger partial charge on any atom is -0.378 e. The third-order valence-electron chi connectivity index (χ3n) is 5.11. The van der Waals surface area contributed by atoms with E-state index in [1.165, 1.54) is 51.7 Å². The Bertz CT molecular complexity index is 287. The average Bonchev–Trinajstić information content (AvgIpc) is 2.93. The van der Waals surface area contributed by atoms with Crippen molar-refractivity contribution in [2.45, 2.75) is 78.0 Å². The molecule has 0 aromatic rings. The predicted molar refractivity (Wildman–Crippen MR) is 89.7 cm³/mol. The van der Waals surface area contributed by atoms with E-state index in [1.54, 1.807) is 0 Å². The Morgan fingerprint density at radius 2 is 2.05 bits per heavy atom. The minimum absolute atomic E-state index is 0.553. The molecule has 0 amide bonds. The van der Waals surface area contributed by atoms with Crippen molar-refractivity contribution in [2.24, 2.45) is 11.8 Å². The van der Waals surface area contributed by atoms with Crippen LogP contribution in [0.5, 0.6) is 0 Å². The van der Waals surface area contributed by atoms with Gasteiger partial charge < -0.3 is 10.1 Å². The van der Waals surface area contributed by atoms with Gasteiger partial charge in [0.2, 0.25) is 0 Å². The largest absolute Gasteiger partial charge is 0.378 e. The van der Waals surface area contributed by atoms with Crippen LogP contribution < -0.4 is 5.32 Å². The topological polar surface area (TPSA) is 24.5 Å². The van der Waals surface area contributed by atoms with Crippen molar-refractivity contribution in [3.8, 4) is 0 Å². The van der Waals surface area contributed by atoms with Crippen LogP contribution in [-0.4, -0.2) is 49.3 Å². The molecule has 0 bridgehead atoms. The van der Waals surface area contributed by atoms with E-state index in [-0.39, 0.29) is 0 Å². The zero-order chi connectivity index (χ0) is 15.2. The van der Waals surface area contributed by atoms with E-state index in [1.807, 2.05) is 0 Å². The molecule has 0 aliphatic carbocycles. The normalized spacial score (nSPS) is 31.4. The fourth-order valence-electron chi connectivity index (χ4n) is 3.77. The molecule has 0 spiro atoms. The predicted octanol–water partition coefficient (Wildman–Crippen LogP) is 3.29. The highest BCUT2D eigenvalue weighted by atomic mass is 16.5. The van der Waals surface area contributed by atoms with Gasteiger partial charge >= 0.3 is 0 Å². The third-order valence-corrected chi connectivity index (χ3v) is 5.11. The van der Waals surface area contributed by atoms with Gasteiger partial charge in [0.1, 0.15) is 0 Å². The minimum atomic E-state index is 0.553. The molecule has 3 unspecified atom stereocenters. The van der Waals surface area contributed by atoms with Crippen LogP contribution >= 0.6 is 0 Å². The van der Waals surface area contributed by atoms with Gasteiger partial charge in [-0.3, -0.25) is 4.90 Å². The van der Waals surface area contributed by atoms with Gasteiger partial charge in [-0.2, -0.15) is 0 Å². The van der Waals surface area contributed by atoms with Crippen molar-refractivity contribution in [1.82, 2.24) is 10.2 Å². The van der Waals surface area contributed by atoms with Crippen molar-refractivity contribution in [1.29, 1.82) is 0 Å². The Morgan fingerprint density at radius 1 is 1.24 bits per heavy atom. The molecule has 2 aliphatic heterocycles. The Balaban J connectivity index is 1.80. The van der Waals surface area contributed by atoms with Crippen LogP contribution in [0, 0.1) is 11.8 Å². The van der Waals surface area contributed by atoms with Crippen molar-refractivity contribution >= 4 is 0 Å². The van der Waals surface area contributed by atoms with Gasteiger partial charge in [-0.25, -0.2) is 0 Å². The smallest absolute Gasteiger partial charge is 0.0576 e. The molecule has 21 heavy (non-hydrogen) atoms. The van der Waals surface area contributed by atoms with E-state index in [2.05, 4.69) is 37.9 Å². The summed E-state index contributed by atoms with van der Waals surface area (Å²) in [5, 5.41) is 3.77. The van der Waals surface area contributed by atoms with Crippen LogP contribution in [-0.2, 0) is 4.74 Å². The second kappa shape index (κ2) is 8.50. The summed E-state index contributed by atoms with van der Waals surface area (Å²) in [6.07, 6.45) is 6.97. The molecule has 2 fully saturated rings. The number of nitrogens with zero attached hydrogens (tertiary/aromatic N) is 1. The first-order valence-corrected chi connectivity index (χ1v) is 9.15. The highest BCUT2D eigenvalue weighted by molar-refractivity contribution is 4.88. The fraction of sp³-hybridized carbons (Fsp3) is 1.00. The van der Waals surface area contributed by atoms with Crippen LogP contribution in [0.15, 0.2) is 0 Å². The lowest BCUT2D eigenvalue weighted by Crippen LogP contribution is -2.58. The van der Waals surface area contributed by atoms with Crippen LogP contribution in [0.4, 0.5) is 0 Å². The SMILES string of the molecule is CC(C)CC1CNC(C(C)C)CN1CCCC1CCCO1. The zero-order valence-electron chi connectivity index (χ0n) is 14.6. The van der Waals surface area contributed by atoms with Gasteiger partial charge in [0.25, 0.3) is 0 Å². The van der Waals surface area contributed by atoms with Crippen LogP contribution in [0.25, 0.3) is 0 Å². The van der Waals surface area contributed by atoms with Gasteiger partial charge in [0.05, 0.1) is 6.10 Å². The molecule has 2 rings (SSSR count). The van der Waals surface area contributed by atoms with E-state index >= 15 is 0 Å². The summed E-state index contributed by atoms with van der Waals surface area (Å²) in [5.41, 5.74) is 0. The summed E-state index contributed by atoms with van der Waals surface area (Å²) in [4.78, 5) is 2.76. The summed E-state index contributed by atoms with van der Waals surface area (Å²) in [5.74, 6) is 1.51. The Labute approximate surface area is 131 Å². The van der Waals surface area contributed by atoms with Crippen molar-refractivity contribution in [3.63, 3.8) is 0 Å². The molecule has 0 radical (unpaired) electrons. The second-order valence-corrected chi connectivity index (χ2v) is 7.81. The maximum absolute atomic E-state index is 5.76. The first-order chi connectivity index (χ1) is 10.1. The lowest BCUT2D eigenvalue weighted by atomic mass is 9.94. The van der Waals surface area contributed by atoms with Crippen molar-refractivity contribution in [3.05, 3.63) is 0 Å². The number of ether oxygens (including phenoxy) is 1. The van der Waals surface area contributed by atoms with Crippen molar-refractivity contribution < 1.29 is 4.74 Å². The molecule has 1 N–H and O–H groups in total. The zero-order valence-corrected chi connectivity index (χ0v) is 14.6. The molecule has 0 aromatic carbocycles. The number of nitrogens with one attached hydrogen (secondary N) is 1. The lowest BCUT2D eigenvalue weighted by molar-refractivity contribution is 0.0775. The summed E-state index contributed by atoms with van der Waals surface area (Å²) in [6, 6.07) is 1.39. The fourth-order valence-corrected chi connectivity index (χ4v) is 3.77. The Morgan fingerprint density at radius 3 is 2.67 bits per heavy atom. The maximum Gasteiger partial charge on any atom is 0.0576 e. The van der Waals surface area contributed by atoms with E-state index < -0.39 is 0 Å². The quantitative estimate of drug-likeness (QED) is 0.780. The van der Waals surface area contributed by atoms with Gasteiger partial charge in [-0.05, 0) is 50.5 Å². The average molecular weight is 296 g/mol. The van der Waals surface area contributed by atoms with E-state index in [0.717, 1.165) is 24.5 Å². The summed E-state index contributed by atoms with van der Waals surface area (Å²) < 4.78 is 5.76. The molecule has 0 aromatic heterocycles. The molecule has 124 valence electrons. The molecular weight excluding hydrogens is 260 g/mol. The molecular formula is C18H36N2O. The Hall–Kier alpha value is -0.120. The van der Waals surface area contributed by atoms with E-state index in [4.69, 9.17) is 4.74 Å². The number of rotatable bonds is 7. The van der Waals surface area contributed by atoms with Gasteiger partial charge in [-0.1, -0.05) is 27.7 Å². The summed E-state index contributed by atoms with van der Waals surface area (Å²) in [6.45, 7) is 14.0. The molecule has 2 heterocycles. The second-order valence-electron chi connectivity index (χ2n) is 7.81. The highest BCUT2D eigenvalue weighted by Gasteiger charge is 2.29. The summed E-state index contributed by atoms with van der Waals surface area (Å²) in [7, 11) is 0. The number of hydrogen-bond donors (Lipinski definition) is 1. The maximum atomic E-state index is 5.76. The standard InChI is InChI=1S/C18H36N2O/c1-14(2)11-16-12-19-18(15(3)4)13-20(16)9-5-7-17-8-6-10-21-17/h14-19H,5-13H2,1-4H3. The lowest BCUT2D eigenvalue weighted by Gasteiger charge is -2.42. The van der Waals surface area contributed by atoms with Crippen LogP contribution in [0.2, 0.25) is 0 Å². The van der Waals surface area contributed by atoms with Crippen LogP contribution in [0.1, 0.15) is 59.8 Å². The Kier molecular flexibility index (Phi) is 6.97.